The maximum absolute atomic E-state index is 5.53. The fourth-order valence-electron chi connectivity index (χ4n) is 2.76. The van der Waals surface area contributed by atoms with Crippen LogP contribution in [0.1, 0.15) is 5.56 Å². The average Bonchev–Trinajstić information content (AvgIpc) is 3.10. The van der Waals surface area contributed by atoms with E-state index in [9.17, 15) is 0 Å². The summed E-state index contributed by atoms with van der Waals surface area (Å²) < 4.78 is 13.0. The second-order valence-electron chi connectivity index (χ2n) is 5.58. The number of hydrogen-bond acceptors (Lipinski definition) is 5. The zero-order valence-electron chi connectivity index (χ0n) is 14.7. The van der Waals surface area contributed by atoms with Crippen LogP contribution >= 0.6 is 0 Å². The van der Waals surface area contributed by atoms with Crippen LogP contribution in [0.25, 0.3) is 11.4 Å². The number of hydrogen-bond donors (Lipinski definition) is 1. The number of anilines is 1. The van der Waals surface area contributed by atoms with E-state index in [0.29, 0.717) is 11.5 Å². The van der Waals surface area contributed by atoms with Gasteiger partial charge in [0.15, 0.2) is 11.5 Å². The lowest BCUT2D eigenvalue weighted by Gasteiger charge is -2.14. The monoisotopic (exact) mass is 338 g/mol. The molecule has 0 fully saturated rings. The molecule has 1 aromatic carbocycles. The highest BCUT2D eigenvalue weighted by atomic mass is 16.5. The number of aromatic nitrogens is 3. The number of nitrogens with zero attached hydrogens (tertiary/aromatic N) is 3. The van der Waals surface area contributed by atoms with Gasteiger partial charge in [-0.3, -0.25) is 0 Å². The van der Waals surface area contributed by atoms with Crippen molar-refractivity contribution >= 4 is 5.82 Å². The van der Waals surface area contributed by atoms with Crippen LogP contribution in [0.2, 0.25) is 0 Å². The molecule has 6 heteroatoms. The van der Waals surface area contributed by atoms with Gasteiger partial charge in [0.25, 0.3) is 0 Å². The van der Waals surface area contributed by atoms with E-state index in [-0.39, 0.29) is 0 Å². The van der Waals surface area contributed by atoms with Gasteiger partial charge in [-0.15, -0.1) is 0 Å². The van der Waals surface area contributed by atoms with Crippen molar-refractivity contribution in [2.45, 2.75) is 13.5 Å². The summed E-state index contributed by atoms with van der Waals surface area (Å²) in [5.74, 6) is 3.13. The summed E-state index contributed by atoms with van der Waals surface area (Å²) in [5.41, 5.74) is 2.03. The first-order chi connectivity index (χ1) is 12.2. The minimum atomic E-state index is 0.686. The van der Waals surface area contributed by atoms with Crippen molar-refractivity contribution in [1.29, 1.82) is 0 Å². The Balaban J connectivity index is 1.79. The van der Waals surface area contributed by atoms with Crippen LogP contribution in [0.15, 0.2) is 48.9 Å². The smallest absolute Gasteiger partial charge is 0.171 e. The molecule has 0 atom stereocenters. The Bertz CT molecular complexity index is 845. The van der Waals surface area contributed by atoms with Gasteiger partial charge in [0.2, 0.25) is 0 Å². The number of imidazole rings is 1. The summed E-state index contributed by atoms with van der Waals surface area (Å²) in [4.78, 5) is 8.85. The molecule has 3 aromatic rings. The molecule has 0 saturated carbocycles. The molecule has 0 spiro atoms. The van der Waals surface area contributed by atoms with Gasteiger partial charge in [0.1, 0.15) is 11.6 Å². The first kappa shape index (κ1) is 16.8. The third kappa shape index (κ3) is 3.57. The molecule has 0 aliphatic rings. The lowest BCUT2D eigenvalue weighted by atomic mass is 10.1. The first-order valence-corrected chi connectivity index (χ1v) is 8.12. The van der Waals surface area contributed by atoms with Gasteiger partial charge < -0.3 is 19.4 Å². The lowest BCUT2D eigenvalue weighted by molar-refractivity contribution is 0.356. The van der Waals surface area contributed by atoms with Crippen LogP contribution in [0, 0.1) is 6.92 Å². The number of benzene rings is 1. The molecule has 0 saturated heterocycles. The Morgan fingerprint density at radius 1 is 1.04 bits per heavy atom. The molecular formula is C19H22N4O2. The quantitative estimate of drug-likeness (QED) is 0.715. The molecular weight excluding hydrogens is 316 g/mol. The number of rotatable bonds is 7. The summed E-state index contributed by atoms with van der Waals surface area (Å²) in [6.45, 7) is 3.54. The van der Waals surface area contributed by atoms with Gasteiger partial charge in [0.05, 0.1) is 19.8 Å². The van der Waals surface area contributed by atoms with Crippen molar-refractivity contribution in [3.05, 3.63) is 54.5 Å². The summed E-state index contributed by atoms with van der Waals surface area (Å²) in [6.07, 6.45) is 5.54. The van der Waals surface area contributed by atoms with Crippen molar-refractivity contribution in [3.8, 4) is 22.9 Å². The number of aryl methyl sites for hydroxylation is 1. The molecule has 2 aromatic heterocycles. The van der Waals surface area contributed by atoms with Crippen LogP contribution in [0.4, 0.5) is 5.82 Å². The Morgan fingerprint density at radius 3 is 2.68 bits per heavy atom. The summed E-state index contributed by atoms with van der Waals surface area (Å²) >= 11 is 0. The zero-order chi connectivity index (χ0) is 17.6. The van der Waals surface area contributed by atoms with Crippen molar-refractivity contribution in [2.24, 2.45) is 0 Å². The average molecular weight is 338 g/mol. The lowest BCUT2D eigenvalue weighted by Crippen LogP contribution is -2.12. The Morgan fingerprint density at radius 2 is 1.92 bits per heavy atom. The van der Waals surface area contributed by atoms with Crippen LogP contribution in [-0.4, -0.2) is 35.3 Å². The number of ether oxygens (including phenoxy) is 2. The van der Waals surface area contributed by atoms with Crippen molar-refractivity contribution < 1.29 is 9.47 Å². The summed E-state index contributed by atoms with van der Waals surface area (Å²) in [6, 6.07) is 9.77. The fraction of sp³-hybridized carbons (Fsp3) is 0.263. The van der Waals surface area contributed by atoms with Crippen molar-refractivity contribution in [2.75, 3.05) is 26.1 Å². The predicted octanol–water partition coefficient (Wildman–Crippen LogP) is 3.38. The highest BCUT2D eigenvalue weighted by Gasteiger charge is 2.15. The van der Waals surface area contributed by atoms with Crippen LogP contribution in [0.3, 0.4) is 0 Å². The van der Waals surface area contributed by atoms with E-state index in [0.717, 1.165) is 35.9 Å². The third-order valence-electron chi connectivity index (χ3n) is 4.01. The Hall–Kier alpha value is -3.02. The second-order valence-corrected chi connectivity index (χ2v) is 5.58. The molecule has 130 valence electrons. The SMILES string of the molecule is COc1cccc(-c2nccn2CCNc2ncccc2C)c1OC. The van der Waals surface area contributed by atoms with E-state index in [4.69, 9.17) is 9.47 Å². The largest absolute Gasteiger partial charge is 0.493 e. The van der Waals surface area contributed by atoms with Gasteiger partial charge in [-0.25, -0.2) is 9.97 Å². The molecule has 6 nitrogen and oxygen atoms in total. The highest BCUT2D eigenvalue weighted by Crippen LogP contribution is 2.36. The molecule has 0 radical (unpaired) electrons. The number of methoxy groups -OCH3 is 2. The maximum Gasteiger partial charge on any atom is 0.171 e. The number of pyridine rings is 1. The first-order valence-electron chi connectivity index (χ1n) is 8.12. The van der Waals surface area contributed by atoms with Crippen molar-refractivity contribution in [1.82, 2.24) is 14.5 Å². The maximum atomic E-state index is 5.53. The molecule has 0 aliphatic carbocycles. The molecule has 0 bridgehead atoms. The minimum absolute atomic E-state index is 0.686. The molecule has 0 aliphatic heterocycles. The van der Waals surface area contributed by atoms with Crippen LogP contribution in [0.5, 0.6) is 11.5 Å². The standard InChI is InChI=1S/C19H22N4O2/c1-14-6-5-9-20-18(14)21-10-12-23-13-11-22-19(23)15-7-4-8-16(24-2)17(15)25-3/h4-9,11,13H,10,12H2,1-3H3,(H,20,21). The van der Waals surface area contributed by atoms with Gasteiger partial charge in [-0.1, -0.05) is 12.1 Å². The Kier molecular flexibility index (Phi) is 5.18. The molecule has 25 heavy (non-hydrogen) atoms. The van der Waals surface area contributed by atoms with Gasteiger partial charge >= 0.3 is 0 Å². The van der Waals surface area contributed by atoms with Gasteiger partial charge in [0, 0.05) is 31.7 Å². The van der Waals surface area contributed by atoms with E-state index in [1.54, 1.807) is 26.6 Å². The summed E-state index contributed by atoms with van der Waals surface area (Å²) in [5, 5.41) is 3.37. The zero-order valence-corrected chi connectivity index (χ0v) is 14.7. The normalized spacial score (nSPS) is 10.5. The van der Waals surface area contributed by atoms with E-state index in [1.165, 1.54) is 0 Å². The van der Waals surface area contributed by atoms with E-state index >= 15 is 0 Å². The molecule has 3 rings (SSSR count). The van der Waals surface area contributed by atoms with Crippen LogP contribution < -0.4 is 14.8 Å². The topological polar surface area (TPSA) is 61.2 Å². The Labute approximate surface area is 147 Å². The molecule has 0 unspecified atom stereocenters. The molecule has 0 amide bonds. The second kappa shape index (κ2) is 7.70. The summed E-state index contributed by atoms with van der Waals surface area (Å²) in [7, 11) is 3.27. The predicted molar refractivity (Wildman–Crippen MR) is 98.2 cm³/mol. The van der Waals surface area contributed by atoms with Crippen molar-refractivity contribution in [3.63, 3.8) is 0 Å². The highest BCUT2D eigenvalue weighted by molar-refractivity contribution is 5.69. The molecule has 1 N–H and O–H groups in total. The van der Waals surface area contributed by atoms with E-state index in [2.05, 4.69) is 19.9 Å². The number of nitrogens with one attached hydrogen (secondary N) is 1. The third-order valence-corrected chi connectivity index (χ3v) is 4.01. The van der Waals surface area contributed by atoms with Crippen LogP contribution in [-0.2, 0) is 6.54 Å². The van der Waals surface area contributed by atoms with E-state index in [1.807, 2.05) is 43.5 Å². The van der Waals surface area contributed by atoms with Gasteiger partial charge in [-0.2, -0.15) is 0 Å². The van der Waals surface area contributed by atoms with Gasteiger partial charge in [-0.05, 0) is 30.7 Å². The number of para-hydroxylation sites is 1. The minimum Gasteiger partial charge on any atom is -0.493 e. The van der Waals surface area contributed by atoms with E-state index < -0.39 is 0 Å². The fourth-order valence-corrected chi connectivity index (χ4v) is 2.76. The molecule has 2 heterocycles.